The number of fused-ring (bicyclic) bond motifs is 5. The van der Waals surface area contributed by atoms with Gasteiger partial charge in [0, 0.05) is 18.7 Å². The maximum Gasteiger partial charge on any atom is 0.314 e. The minimum absolute atomic E-state index is 0.0319. The molecular weight excluding hydrogens is 566 g/mol. The number of carboxylic acids is 2. The second kappa shape index (κ2) is 13.7. The van der Waals surface area contributed by atoms with Gasteiger partial charge >= 0.3 is 11.9 Å². The second-order valence-electron chi connectivity index (χ2n) is 16.1. The topological polar surface area (TPSA) is 132 Å². The van der Waals surface area contributed by atoms with Crippen molar-refractivity contribution in [1.82, 2.24) is 15.3 Å². The molecule has 250 valence electrons. The molecule has 0 aromatic carbocycles. The summed E-state index contributed by atoms with van der Waals surface area (Å²) in [4.78, 5) is 44.0. The Hall–Kier alpha value is -2.48. The largest absolute Gasteiger partial charge is 0.481 e. The summed E-state index contributed by atoms with van der Waals surface area (Å²) < 4.78 is 0. The van der Waals surface area contributed by atoms with Gasteiger partial charge in [-0.05, 0) is 97.7 Å². The lowest BCUT2D eigenvalue weighted by Gasteiger charge is -2.58. The van der Waals surface area contributed by atoms with E-state index in [1.807, 2.05) is 0 Å². The van der Waals surface area contributed by atoms with Crippen molar-refractivity contribution in [1.29, 1.82) is 0 Å². The van der Waals surface area contributed by atoms with Gasteiger partial charge in [0.2, 0.25) is 0 Å². The number of allylic oxidation sites excluding steroid dienone is 1. The van der Waals surface area contributed by atoms with E-state index < -0.39 is 36.1 Å². The summed E-state index contributed by atoms with van der Waals surface area (Å²) in [6, 6.07) is -0.780. The third-order valence-electron chi connectivity index (χ3n) is 13.1. The van der Waals surface area contributed by atoms with Crippen molar-refractivity contribution in [3.05, 3.63) is 29.9 Å². The van der Waals surface area contributed by atoms with Crippen molar-refractivity contribution in [2.24, 2.45) is 52.3 Å². The molecule has 8 heteroatoms. The molecule has 0 bridgehead atoms. The average Bonchev–Trinajstić information content (AvgIpc) is 3.62. The van der Waals surface area contributed by atoms with Gasteiger partial charge in [-0.3, -0.25) is 14.4 Å². The minimum atomic E-state index is -1.59. The maximum absolute atomic E-state index is 13.5. The smallest absolute Gasteiger partial charge is 0.314 e. The van der Waals surface area contributed by atoms with Gasteiger partial charge < -0.3 is 20.5 Å². The first-order valence-corrected chi connectivity index (χ1v) is 17.7. The summed E-state index contributed by atoms with van der Waals surface area (Å²) in [5.41, 5.74) is 2.77. The van der Waals surface area contributed by atoms with Gasteiger partial charge in [-0.2, -0.15) is 0 Å². The van der Waals surface area contributed by atoms with Gasteiger partial charge in [0.05, 0.1) is 24.5 Å². The highest BCUT2D eigenvalue weighted by Crippen LogP contribution is 2.67. The zero-order chi connectivity index (χ0) is 32.5. The highest BCUT2D eigenvalue weighted by molar-refractivity contribution is 6.03. The Morgan fingerprint density at radius 2 is 1.82 bits per heavy atom. The van der Waals surface area contributed by atoms with E-state index in [1.165, 1.54) is 56.8 Å². The van der Waals surface area contributed by atoms with E-state index in [4.69, 9.17) is 0 Å². The standard InChI is InChI=1S/C37H57N3O5/c1-22(2)7-6-8-23(3)29-11-12-30-27-10-9-24-17-25(13-15-36(24,4)31(27)14-16-37(29,30)5)40-32(18-26-20-38-21-39-26)34(43)28(35(44)45)19-33(41)42/h9,20-23,25,27-32,40H,6-8,10-19H2,1-5H3,(H,38,39)(H,41,42)(H,44,45)/t23-,25+,27+,28?,29-,30+,31+,32+,36+,37-/m1/s1. The summed E-state index contributed by atoms with van der Waals surface area (Å²) >= 11 is 0. The third kappa shape index (κ3) is 6.96. The Bertz CT molecular complexity index is 1240. The monoisotopic (exact) mass is 623 g/mol. The number of hydrogen-bond acceptors (Lipinski definition) is 5. The van der Waals surface area contributed by atoms with Crippen LogP contribution in [0.4, 0.5) is 0 Å². The van der Waals surface area contributed by atoms with E-state index in [9.17, 15) is 24.6 Å². The van der Waals surface area contributed by atoms with Gasteiger partial charge in [0.25, 0.3) is 0 Å². The fourth-order valence-corrected chi connectivity index (χ4v) is 10.7. The summed E-state index contributed by atoms with van der Waals surface area (Å²) in [6.07, 6.45) is 18.7. The SMILES string of the molecule is CC(C)CCC[C@@H](C)[C@H]1CC[C@H]2[C@@H]3CC=C4C[C@@H](N[C@@H](Cc5c[nH]cn5)C(=O)C(CC(=O)O)C(=O)O)CC[C@]4(C)[C@H]3CC[C@]12C. The zero-order valence-electron chi connectivity index (χ0n) is 28.2. The predicted molar refractivity (Wildman–Crippen MR) is 174 cm³/mol. The lowest BCUT2D eigenvalue weighted by Crippen LogP contribution is -2.54. The van der Waals surface area contributed by atoms with E-state index in [-0.39, 0.29) is 17.9 Å². The van der Waals surface area contributed by atoms with Crippen molar-refractivity contribution in [3.8, 4) is 0 Å². The molecule has 45 heavy (non-hydrogen) atoms. The molecule has 0 radical (unpaired) electrons. The van der Waals surface area contributed by atoms with Crippen LogP contribution < -0.4 is 5.32 Å². The molecule has 1 aromatic rings. The molecule has 10 atom stereocenters. The number of carbonyl (C=O) groups is 3. The molecule has 3 fully saturated rings. The first-order chi connectivity index (χ1) is 21.3. The van der Waals surface area contributed by atoms with Crippen LogP contribution in [0.25, 0.3) is 0 Å². The van der Waals surface area contributed by atoms with Crippen LogP contribution in [0, 0.1) is 52.3 Å². The van der Waals surface area contributed by atoms with Crippen molar-refractivity contribution in [2.45, 2.75) is 130 Å². The molecule has 0 spiro atoms. The first kappa shape index (κ1) is 33.9. The third-order valence-corrected chi connectivity index (χ3v) is 13.1. The van der Waals surface area contributed by atoms with Crippen LogP contribution in [0.5, 0.6) is 0 Å². The summed E-state index contributed by atoms with van der Waals surface area (Å²) in [5, 5.41) is 22.5. The highest BCUT2D eigenvalue weighted by Gasteiger charge is 2.59. The lowest BCUT2D eigenvalue weighted by molar-refractivity contribution is -0.152. The number of imidazole rings is 1. The maximum atomic E-state index is 13.5. The van der Waals surface area contributed by atoms with Crippen molar-refractivity contribution >= 4 is 17.7 Å². The van der Waals surface area contributed by atoms with E-state index in [0.29, 0.717) is 17.0 Å². The quantitative estimate of drug-likeness (QED) is 0.129. The van der Waals surface area contributed by atoms with Crippen molar-refractivity contribution in [3.63, 3.8) is 0 Å². The Balaban J connectivity index is 1.28. The molecule has 4 aliphatic carbocycles. The molecule has 8 nitrogen and oxygen atoms in total. The van der Waals surface area contributed by atoms with E-state index in [2.05, 4.69) is 56.0 Å². The van der Waals surface area contributed by atoms with Crippen LogP contribution in [0.3, 0.4) is 0 Å². The Labute approximate surface area is 269 Å². The molecule has 1 unspecified atom stereocenters. The summed E-state index contributed by atoms with van der Waals surface area (Å²) in [7, 11) is 0. The molecule has 4 aliphatic rings. The zero-order valence-corrected chi connectivity index (χ0v) is 28.2. The molecule has 1 heterocycles. The van der Waals surface area contributed by atoms with Crippen molar-refractivity contribution in [2.75, 3.05) is 0 Å². The van der Waals surface area contributed by atoms with Crippen LogP contribution in [0.1, 0.15) is 117 Å². The lowest BCUT2D eigenvalue weighted by atomic mass is 9.47. The number of carboxylic acid groups (broad SMARTS) is 2. The van der Waals surface area contributed by atoms with E-state index in [0.717, 1.165) is 55.3 Å². The number of carbonyl (C=O) groups excluding carboxylic acids is 1. The molecule has 0 saturated heterocycles. The normalized spacial score (nSPS) is 34.6. The van der Waals surface area contributed by atoms with Gasteiger partial charge in [-0.1, -0.05) is 65.5 Å². The Morgan fingerprint density at radius 1 is 1.04 bits per heavy atom. The molecule has 3 saturated carbocycles. The number of Topliss-reactive ketones (excluding diaryl/α,β-unsaturated/α-hetero) is 1. The number of ketones is 1. The van der Waals surface area contributed by atoms with Crippen LogP contribution in [0.2, 0.25) is 0 Å². The number of aromatic amines is 1. The van der Waals surface area contributed by atoms with E-state index in [1.54, 1.807) is 6.20 Å². The van der Waals surface area contributed by atoms with Crippen LogP contribution in [0.15, 0.2) is 24.2 Å². The van der Waals surface area contributed by atoms with E-state index >= 15 is 0 Å². The van der Waals surface area contributed by atoms with Crippen molar-refractivity contribution < 1.29 is 24.6 Å². The number of rotatable bonds is 14. The van der Waals surface area contributed by atoms with Gasteiger partial charge in [-0.15, -0.1) is 0 Å². The van der Waals surface area contributed by atoms with Gasteiger partial charge in [0.1, 0.15) is 5.92 Å². The number of nitrogens with one attached hydrogen (secondary N) is 2. The first-order valence-electron chi connectivity index (χ1n) is 17.7. The molecule has 0 amide bonds. The fourth-order valence-electron chi connectivity index (χ4n) is 10.7. The molecule has 5 rings (SSSR count). The predicted octanol–water partition coefficient (Wildman–Crippen LogP) is 7.07. The van der Waals surface area contributed by atoms with Gasteiger partial charge in [-0.25, -0.2) is 4.98 Å². The van der Waals surface area contributed by atoms with Crippen LogP contribution >= 0.6 is 0 Å². The molecule has 0 aliphatic heterocycles. The number of aromatic nitrogens is 2. The number of hydrogen-bond donors (Lipinski definition) is 4. The van der Waals surface area contributed by atoms with Crippen LogP contribution in [-0.2, 0) is 20.8 Å². The highest BCUT2D eigenvalue weighted by atomic mass is 16.4. The Kier molecular flexibility index (Phi) is 10.3. The summed E-state index contributed by atoms with van der Waals surface area (Å²) in [6.45, 7) is 12.3. The second-order valence-corrected chi connectivity index (χ2v) is 16.1. The number of aliphatic carboxylic acids is 2. The number of nitrogens with zero attached hydrogens (tertiary/aromatic N) is 1. The molecule has 1 aromatic heterocycles. The average molecular weight is 624 g/mol. The fraction of sp³-hybridized carbons (Fsp3) is 0.784. The minimum Gasteiger partial charge on any atom is -0.481 e. The Morgan fingerprint density at radius 3 is 2.49 bits per heavy atom. The molecular formula is C37H57N3O5. The van der Waals surface area contributed by atoms with Gasteiger partial charge in [0.15, 0.2) is 5.78 Å². The summed E-state index contributed by atoms with van der Waals surface area (Å²) in [5.74, 6) is -0.182. The number of H-pyrrole nitrogens is 1. The van der Waals surface area contributed by atoms with Crippen LogP contribution in [-0.4, -0.2) is 50.0 Å². The molecule has 4 N–H and O–H groups in total.